The SMILES string of the molecule is COc1ccccc1C1Nc2ccccc2-n2c(-c3ccccc3C)c3c(=O)n(C)c(=O)n(C)c3c21. The van der Waals surface area contributed by atoms with Crippen LogP contribution >= 0.6 is 0 Å². The van der Waals surface area contributed by atoms with Crippen LogP contribution in [0.2, 0.25) is 0 Å². The summed E-state index contributed by atoms with van der Waals surface area (Å²) in [5.41, 5.74) is 6.28. The zero-order valence-electron chi connectivity index (χ0n) is 20.6. The van der Waals surface area contributed by atoms with Crippen LogP contribution in [0.5, 0.6) is 5.75 Å². The molecule has 1 unspecified atom stereocenters. The fourth-order valence-electron chi connectivity index (χ4n) is 5.45. The number of methoxy groups -OCH3 is 1. The van der Waals surface area contributed by atoms with Gasteiger partial charge in [0.15, 0.2) is 0 Å². The second-order valence-electron chi connectivity index (χ2n) is 9.15. The quantitative estimate of drug-likeness (QED) is 0.414. The highest BCUT2D eigenvalue weighted by molar-refractivity contribution is 6.00. The number of nitrogens with one attached hydrogen (secondary N) is 1. The summed E-state index contributed by atoms with van der Waals surface area (Å²) in [6, 6.07) is 23.5. The van der Waals surface area contributed by atoms with Crippen LogP contribution in [0, 0.1) is 6.92 Å². The smallest absolute Gasteiger partial charge is 0.331 e. The van der Waals surface area contributed by atoms with E-state index in [1.165, 1.54) is 11.6 Å². The van der Waals surface area contributed by atoms with Gasteiger partial charge in [-0.2, -0.15) is 0 Å². The van der Waals surface area contributed by atoms with E-state index in [4.69, 9.17) is 4.74 Å². The number of hydrogen-bond acceptors (Lipinski definition) is 4. The molecular weight excluding hydrogens is 452 g/mol. The van der Waals surface area contributed by atoms with Crippen molar-refractivity contribution in [3.63, 3.8) is 0 Å². The van der Waals surface area contributed by atoms with Gasteiger partial charge in [-0.25, -0.2) is 4.79 Å². The van der Waals surface area contributed by atoms with Crippen LogP contribution in [-0.4, -0.2) is 20.8 Å². The number of aromatic nitrogens is 3. The Labute approximate surface area is 207 Å². The van der Waals surface area contributed by atoms with Gasteiger partial charge in [0.25, 0.3) is 5.56 Å². The Hall–Kier alpha value is -4.52. The third kappa shape index (κ3) is 2.92. The highest BCUT2D eigenvalue weighted by Crippen LogP contribution is 2.47. The van der Waals surface area contributed by atoms with Gasteiger partial charge in [0.1, 0.15) is 5.75 Å². The average Bonchev–Trinajstić information content (AvgIpc) is 3.27. The molecule has 5 aromatic rings. The first-order valence-electron chi connectivity index (χ1n) is 11.8. The minimum atomic E-state index is -0.367. The van der Waals surface area contributed by atoms with Crippen molar-refractivity contribution in [1.82, 2.24) is 13.7 Å². The van der Waals surface area contributed by atoms with Crippen molar-refractivity contribution in [2.75, 3.05) is 12.4 Å². The molecular formula is C29H26N4O3. The third-order valence-corrected chi connectivity index (χ3v) is 7.18. The summed E-state index contributed by atoms with van der Waals surface area (Å²) in [6.07, 6.45) is 0. The highest BCUT2D eigenvalue weighted by Gasteiger charge is 2.35. The molecule has 1 aliphatic heterocycles. The molecule has 1 aliphatic rings. The Morgan fingerprint density at radius 3 is 2.33 bits per heavy atom. The Kier molecular flexibility index (Phi) is 4.89. The fraction of sp³-hybridized carbons (Fsp3) is 0.172. The van der Waals surface area contributed by atoms with Crippen LogP contribution in [0.15, 0.2) is 82.4 Å². The van der Waals surface area contributed by atoms with E-state index in [9.17, 15) is 9.59 Å². The lowest BCUT2D eigenvalue weighted by Gasteiger charge is -2.32. The van der Waals surface area contributed by atoms with Crippen molar-refractivity contribution < 1.29 is 4.74 Å². The first-order chi connectivity index (χ1) is 17.4. The number of benzene rings is 3. The van der Waals surface area contributed by atoms with Crippen LogP contribution in [0.4, 0.5) is 5.69 Å². The van der Waals surface area contributed by atoms with Crippen LogP contribution < -0.4 is 21.3 Å². The molecule has 1 N–H and O–H groups in total. The second kappa shape index (κ2) is 8.02. The lowest BCUT2D eigenvalue weighted by molar-refractivity contribution is 0.408. The van der Waals surface area contributed by atoms with Crippen LogP contribution in [-0.2, 0) is 14.1 Å². The molecule has 7 nitrogen and oxygen atoms in total. The van der Waals surface area contributed by atoms with Crippen molar-refractivity contribution in [2.24, 2.45) is 14.1 Å². The first-order valence-corrected chi connectivity index (χ1v) is 11.8. The summed E-state index contributed by atoms with van der Waals surface area (Å²) >= 11 is 0. The van der Waals surface area contributed by atoms with Gasteiger partial charge in [0.05, 0.1) is 46.8 Å². The molecule has 180 valence electrons. The normalized spacial score (nSPS) is 14.3. The average molecular weight is 479 g/mol. The standard InChI is InChI=1S/C29H26N4O3/c1-17-11-5-6-12-18(17)25-23-26(31(2)29(35)32(3)28(23)34)27-24(19-13-7-10-16-22(19)36-4)30-20-14-8-9-15-21(20)33(25)27/h5-16,24,30H,1-4H3. The molecule has 0 amide bonds. The lowest BCUT2D eigenvalue weighted by Crippen LogP contribution is -2.37. The van der Waals surface area contributed by atoms with E-state index >= 15 is 0 Å². The Morgan fingerprint density at radius 2 is 1.56 bits per heavy atom. The minimum Gasteiger partial charge on any atom is -0.496 e. The zero-order valence-corrected chi connectivity index (χ0v) is 20.6. The van der Waals surface area contributed by atoms with Gasteiger partial charge < -0.3 is 14.6 Å². The van der Waals surface area contributed by atoms with E-state index in [0.29, 0.717) is 10.9 Å². The number of fused-ring (bicyclic) bond motifs is 5. The number of ether oxygens (including phenoxy) is 1. The van der Waals surface area contributed by atoms with E-state index in [2.05, 4.69) is 9.88 Å². The molecule has 1 atom stereocenters. The first kappa shape index (κ1) is 22.0. The van der Waals surface area contributed by atoms with Gasteiger partial charge in [0, 0.05) is 25.2 Å². The second-order valence-corrected chi connectivity index (χ2v) is 9.15. The molecule has 36 heavy (non-hydrogen) atoms. The van der Waals surface area contributed by atoms with E-state index in [0.717, 1.165) is 45.2 Å². The minimum absolute atomic E-state index is 0.315. The molecule has 0 saturated carbocycles. The van der Waals surface area contributed by atoms with Crippen molar-refractivity contribution >= 4 is 16.6 Å². The van der Waals surface area contributed by atoms with Crippen molar-refractivity contribution in [2.45, 2.75) is 13.0 Å². The van der Waals surface area contributed by atoms with Crippen LogP contribution in [0.1, 0.15) is 22.9 Å². The topological polar surface area (TPSA) is 70.2 Å². The molecule has 3 heterocycles. The molecule has 0 spiro atoms. The van der Waals surface area contributed by atoms with E-state index in [1.54, 1.807) is 18.7 Å². The fourth-order valence-corrected chi connectivity index (χ4v) is 5.45. The lowest BCUT2D eigenvalue weighted by atomic mass is 9.98. The summed E-state index contributed by atoms with van der Waals surface area (Å²) < 4.78 is 10.7. The number of hydrogen-bond donors (Lipinski definition) is 1. The molecule has 6 rings (SSSR count). The van der Waals surface area contributed by atoms with E-state index < -0.39 is 0 Å². The summed E-state index contributed by atoms with van der Waals surface area (Å²) in [5, 5.41) is 4.19. The molecule has 3 aromatic carbocycles. The van der Waals surface area contributed by atoms with E-state index in [1.807, 2.05) is 79.7 Å². The Morgan fingerprint density at radius 1 is 0.861 bits per heavy atom. The maximum Gasteiger partial charge on any atom is 0.331 e. The van der Waals surface area contributed by atoms with Gasteiger partial charge >= 0.3 is 5.69 Å². The molecule has 0 radical (unpaired) electrons. The predicted octanol–water partition coefficient (Wildman–Crippen LogP) is 4.53. The van der Waals surface area contributed by atoms with Crippen molar-refractivity contribution in [3.05, 3.63) is 110 Å². The maximum atomic E-state index is 13.8. The summed E-state index contributed by atoms with van der Waals surface area (Å²) in [6.45, 7) is 2.04. The summed E-state index contributed by atoms with van der Waals surface area (Å²) in [7, 11) is 4.91. The maximum absolute atomic E-state index is 13.8. The number of anilines is 1. The number of aryl methyl sites for hydroxylation is 2. The largest absolute Gasteiger partial charge is 0.496 e. The summed E-state index contributed by atoms with van der Waals surface area (Å²) in [4.78, 5) is 27.0. The Bertz CT molecular complexity index is 1790. The van der Waals surface area contributed by atoms with Gasteiger partial charge in [-0.05, 0) is 30.7 Å². The zero-order chi connectivity index (χ0) is 25.1. The Balaban J connectivity index is 1.89. The number of para-hydroxylation sites is 3. The number of nitrogens with zero attached hydrogens (tertiary/aromatic N) is 3. The molecule has 0 bridgehead atoms. The monoisotopic (exact) mass is 478 g/mol. The van der Waals surface area contributed by atoms with Gasteiger partial charge in [-0.1, -0.05) is 54.6 Å². The van der Waals surface area contributed by atoms with Gasteiger partial charge in [-0.3, -0.25) is 13.9 Å². The van der Waals surface area contributed by atoms with Gasteiger partial charge in [0.2, 0.25) is 0 Å². The highest BCUT2D eigenvalue weighted by atomic mass is 16.5. The van der Waals surface area contributed by atoms with Gasteiger partial charge in [-0.15, -0.1) is 0 Å². The molecule has 0 saturated heterocycles. The molecule has 7 heteroatoms. The molecule has 2 aromatic heterocycles. The van der Waals surface area contributed by atoms with Crippen molar-refractivity contribution in [3.8, 4) is 22.7 Å². The van der Waals surface area contributed by atoms with E-state index in [-0.39, 0.29) is 17.3 Å². The van der Waals surface area contributed by atoms with Crippen molar-refractivity contribution in [1.29, 1.82) is 0 Å². The van der Waals surface area contributed by atoms with Crippen LogP contribution in [0.25, 0.3) is 27.8 Å². The third-order valence-electron chi connectivity index (χ3n) is 7.18. The molecule has 0 aliphatic carbocycles. The van der Waals surface area contributed by atoms with Crippen LogP contribution in [0.3, 0.4) is 0 Å². The molecule has 0 fully saturated rings. The summed E-state index contributed by atoms with van der Waals surface area (Å²) in [5.74, 6) is 0.724. The predicted molar refractivity (Wildman–Crippen MR) is 142 cm³/mol. The number of rotatable bonds is 3.